The first-order chi connectivity index (χ1) is 8.43. The van der Waals surface area contributed by atoms with Crippen molar-refractivity contribution in [2.45, 2.75) is 33.2 Å². The summed E-state index contributed by atoms with van der Waals surface area (Å²) >= 11 is 0. The van der Waals surface area contributed by atoms with E-state index in [1.807, 2.05) is 20.9 Å². The number of rotatable bonds is 6. The molecule has 0 radical (unpaired) electrons. The van der Waals surface area contributed by atoms with E-state index >= 15 is 0 Å². The predicted octanol–water partition coefficient (Wildman–Crippen LogP) is 1.70. The van der Waals surface area contributed by atoms with Crippen LogP contribution in [0.5, 0.6) is 0 Å². The minimum atomic E-state index is -0.745. The van der Waals surface area contributed by atoms with Crippen LogP contribution in [0, 0.1) is 13.8 Å². The maximum atomic E-state index is 11.1. The summed E-state index contributed by atoms with van der Waals surface area (Å²) in [4.78, 5) is 8.73. The molecule has 0 amide bonds. The fraction of sp³-hybridized carbons (Fsp3) is 0.667. The highest BCUT2D eigenvalue weighted by molar-refractivity contribution is 7.84. The van der Waals surface area contributed by atoms with Crippen molar-refractivity contribution in [1.82, 2.24) is 9.97 Å². The molecule has 5 nitrogen and oxygen atoms in total. The number of nitrogens with zero attached hydrogens (tertiary/aromatic N) is 2. The van der Waals surface area contributed by atoms with E-state index in [1.165, 1.54) is 0 Å². The highest BCUT2D eigenvalue weighted by Gasteiger charge is 2.10. The van der Waals surface area contributed by atoms with Gasteiger partial charge in [0.15, 0.2) is 0 Å². The molecule has 2 unspecified atom stereocenters. The summed E-state index contributed by atoms with van der Waals surface area (Å²) in [5.74, 6) is 3.13. The molecule has 0 spiro atoms. The largest absolute Gasteiger partial charge is 0.373 e. The fourth-order valence-electron chi connectivity index (χ4n) is 1.66. The lowest BCUT2D eigenvalue weighted by molar-refractivity contribution is 0.678. The molecule has 1 aromatic rings. The molecule has 102 valence electrons. The lowest BCUT2D eigenvalue weighted by atomic mass is 10.2. The quantitative estimate of drug-likeness (QED) is 0.823. The van der Waals surface area contributed by atoms with Gasteiger partial charge < -0.3 is 10.6 Å². The monoisotopic (exact) mass is 270 g/mol. The lowest BCUT2D eigenvalue weighted by Gasteiger charge is -2.17. The number of anilines is 2. The smallest absolute Gasteiger partial charge is 0.134 e. The first-order valence-corrected chi connectivity index (χ1v) is 7.76. The average Bonchev–Trinajstić information content (AvgIpc) is 2.30. The van der Waals surface area contributed by atoms with Crippen molar-refractivity contribution in [1.29, 1.82) is 0 Å². The second kappa shape index (κ2) is 6.68. The van der Waals surface area contributed by atoms with Gasteiger partial charge in [0.1, 0.15) is 17.5 Å². The minimum absolute atomic E-state index is 0.242. The summed E-state index contributed by atoms with van der Waals surface area (Å²) in [5, 5.41) is 6.42. The van der Waals surface area contributed by atoms with E-state index in [-0.39, 0.29) is 6.04 Å². The van der Waals surface area contributed by atoms with Crippen molar-refractivity contribution < 1.29 is 4.21 Å². The summed E-state index contributed by atoms with van der Waals surface area (Å²) in [7, 11) is 1.10. The molecule has 0 fully saturated rings. The molecule has 1 rings (SSSR count). The van der Waals surface area contributed by atoms with Crippen molar-refractivity contribution in [3.63, 3.8) is 0 Å². The van der Waals surface area contributed by atoms with Crippen molar-refractivity contribution in [2.24, 2.45) is 0 Å². The molecule has 6 heteroatoms. The molecule has 0 aliphatic heterocycles. The fourth-order valence-corrected chi connectivity index (χ4v) is 2.35. The van der Waals surface area contributed by atoms with E-state index < -0.39 is 10.8 Å². The summed E-state index contributed by atoms with van der Waals surface area (Å²) in [6.45, 7) is 5.93. The molecule has 1 aromatic heterocycles. The molecule has 0 aliphatic carbocycles. The molecule has 0 bridgehead atoms. The third kappa shape index (κ3) is 4.25. The maximum Gasteiger partial charge on any atom is 0.134 e. The van der Waals surface area contributed by atoms with Crippen molar-refractivity contribution in [3.8, 4) is 0 Å². The van der Waals surface area contributed by atoms with Crippen molar-refractivity contribution >= 4 is 22.4 Å². The van der Waals surface area contributed by atoms with Crippen LogP contribution < -0.4 is 10.6 Å². The number of aromatic nitrogens is 2. The standard InChI is InChI=1S/C12H22N4OS/c1-8(6-7-18(5)17)14-12-9(2)11(13-4)15-10(3)16-12/h8H,6-7H2,1-5H3,(H2,13,14,15,16). The summed E-state index contributed by atoms with van der Waals surface area (Å²) in [6.07, 6.45) is 2.59. The van der Waals surface area contributed by atoms with Crippen LogP contribution in [-0.2, 0) is 10.8 Å². The zero-order chi connectivity index (χ0) is 13.7. The van der Waals surface area contributed by atoms with Crippen molar-refractivity contribution in [2.75, 3.05) is 29.7 Å². The van der Waals surface area contributed by atoms with Gasteiger partial charge in [0.25, 0.3) is 0 Å². The Balaban J connectivity index is 2.77. The molecule has 18 heavy (non-hydrogen) atoms. The van der Waals surface area contributed by atoms with Gasteiger partial charge in [-0.2, -0.15) is 0 Å². The number of nitrogens with one attached hydrogen (secondary N) is 2. The zero-order valence-electron chi connectivity index (χ0n) is 11.7. The minimum Gasteiger partial charge on any atom is -0.373 e. The van der Waals surface area contributed by atoms with Gasteiger partial charge in [0.2, 0.25) is 0 Å². The lowest BCUT2D eigenvalue weighted by Crippen LogP contribution is -2.20. The van der Waals surface area contributed by atoms with Crippen LogP contribution in [0.1, 0.15) is 24.7 Å². The topological polar surface area (TPSA) is 66.9 Å². The first kappa shape index (κ1) is 14.9. The van der Waals surface area contributed by atoms with E-state index in [1.54, 1.807) is 6.26 Å². The van der Waals surface area contributed by atoms with Crippen LogP contribution in [0.3, 0.4) is 0 Å². The van der Waals surface area contributed by atoms with Gasteiger partial charge >= 0.3 is 0 Å². The Bertz CT molecular complexity index is 436. The normalized spacial score (nSPS) is 14.1. The SMILES string of the molecule is CNc1nc(C)nc(NC(C)CCS(C)=O)c1C. The van der Waals surface area contributed by atoms with E-state index in [0.717, 1.165) is 29.4 Å². The Morgan fingerprint density at radius 3 is 2.44 bits per heavy atom. The van der Waals surface area contributed by atoms with Gasteiger partial charge in [0, 0.05) is 41.5 Å². The van der Waals surface area contributed by atoms with Gasteiger partial charge in [-0.15, -0.1) is 0 Å². The molecule has 0 aliphatic rings. The second-order valence-electron chi connectivity index (χ2n) is 4.45. The highest BCUT2D eigenvalue weighted by Crippen LogP contribution is 2.20. The third-order valence-electron chi connectivity index (χ3n) is 2.72. The van der Waals surface area contributed by atoms with E-state index in [0.29, 0.717) is 5.75 Å². The highest BCUT2D eigenvalue weighted by atomic mass is 32.2. The number of hydrogen-bond donors (Lipinski definition) is 2. The molecule has 0 saturated heterocycles. The molecule has 1 heterocycles. The average molecular weight is 270 g/mol. The summed E-state index contributed by atoms with van der Waals surface area (Å²) < 4.78 is 11.1. The second-order valence-corrected chi connectivity index (χ2v) is 6.01. The number of hydrogen-bond acceptors (Lipinski definition) is 5. The molecular formula is C12H22N4OS. The summed E-state index contributed by atoms with van der Waals surface area (Å²) in [6, 6.07) is 0.242. The molecule has 0 aromatic carbocycles. The Labute approximate surface area is 111 Å². The molecular weight excluding hydrogens is 248 g/mol. The first-order valence-electron chi connectivity index (χ1n) is 6.03. The van der Waals surface area contributed by atoms with Crippen LogP contribution in [-0.4, -0.2) is 39.3 Å². The Kier molecular flexibility index (Phi) is 5.53. The third-order valence-corrected chi connectivity index (χ3v) is 3.53. The van der Waals surface area contributed by atoms with Crippen LogP contribution in [0.25, 0.3) is 0 Å². The number of aryl methyl sites for hydroxylation is 1. The Morgan fingerprint density at radius 2 is 1.89 bits per heavy atom. The van der Waals surface area contributed by atoms with Crippen LogP contribution >= 0.6 is 0 Å². The van der Waals surface area contributed by atoms with Crippen molar-refractivity contribution in [3.05, 3.63) is 11.4 Å². The van der Waals surface area contributed by atoms with E-state index in [4.69, 9.17) is 0 Å². The Hall–Kier alpha value is -1.17. The molecule has 2 N–H and O–H groups in total. The van der Waals surface area contributed by atoms with Gasteiger partial charge in [-0.25, -0.2) is 9.97 Å². The molecule has 0 saturated carbocycles. The summed E-state index contributed by atoms with van der Waals surface area (Å²) in [5.41, 5.74) is 1.01. The van der Waals surface area contributed by atoms with Crippen LogP contribution in [0.2, 0.25) is 0 Å². The van der Waals surface area contributed by atoms with Crippen LogP contribution in [0.4, 0.5) is 11.6 Å². The predicted molar refractivity (Wildman–Crippen MR) is 77.7 cm³/mol. The van der Waals surface area contributed by atoms with Gasteiger partial charge in [-0.05, 0) is 27.2 Å². The van der Waals surface area contributed by atoms with Crippen LogP contribution in [0.15, 0.2) is 0 Å². The van der Waals surface area contributed by atoms with E-state index in [2.05, 4.69) is 27.5 Å². The van der Waals surface area contributed by atoms with Gasteiger partial charge in [-0.3, -0.25) is 4.21 Å². The van der Waals surface area contributed by atoms with Gasteiger partial charge in [-0.1, -0.05) is 0 Å². The van der Waals surface area contributed by atoms with E-state index in [9.17, 15) is 4.21 Å². The van der Waals surface area contributed by atoms with Gasteiger partial charge in [0.05, 0.1) is 0 Å². The maximum absolute atomic E-state index is 11.1. The Morgan fingerprint density at radius 1 is 1.28 bits per heavy atom. The molecule has 2 atom stereocenters. The zero-order valence-corrected chi connectivity index (χ0v) is 12.5.